The second-order valence-corrected chi connectivity index (χ2v) is 6.94. The Morgan fingerprint density at radius 2 is 1.85 bits per heavy atom. The number of anilines is 2. The van der Waals surface area contributed by atoms with E-state index >= 15 is 0 Å². The molecule has 0 unspecified atom stereocenters. The number of rotatable bonds is 6. The van der Waals surface area contributed by atoms with Crippen LogP contribution < -0.4 is 9.64 Å². The van der Waals surface area contributed by atoms with Crippen LogP contribution in [0.4, 0.5) is 17.3 Å². The van der Waals surface area contributed by atoms with Gasteiger partial charge in [-0.05, 0) is 29.8 Å². The number of ether oxygens (including phenoxy) is 1. The summed E-state index contributed by atoms with van der Waals surface area (Å²) in [6.45, 7) is 1.65. The maximum atomic E-state index is 10.7. The minimum Gasteiger partial charge on any atom is -0.497 e. The molecule has 0 atom stereocenters. The van der Waals surface area contributed by atoms with Crippen molar-refractivity contribution in [1.29, 1.82) is 0 Å². The van der Waals surface area contributed by atoms with E-state index in [4.69, 9.17) is 4.74 Å². The molecule has 1 aromatic heterocycles. The normalized spacial score (nSPS) is 12.9. The van der Waals surface area contributed by atoms with Crippen LogP contribution in [-0.4, -0.2) is 33.3 Å². The summed E-state index contributed by atoms with van der Waals surface area (Å²) in [4.78, 5) is 12.5. The smallest absolute Gasteiger partial charge is 0.269 e. The standard InChI is InChI=1S/C18H17N5O3S/c1-26-16-8-6-14(7-9-16)21-10-11-22-17(21)19-20-18(22)27-12-13-2-4-15(5-3-13)23(24)25/h2-9H,10-12H2,1H3. The zero-order valence-electron chi connectivity index (χ0n) is 14.6. The van der Waals surface area contributed by atoms with Crippen molar-refractivity contribution in [2.45, 2.75) is 17.5 Å². The van der Waals surface area contributed by atoms with Gasteiger partial charge in [-0.1, -0.05) is 23.9 Å². The quantitative estimate of drug-likeness (QED) is 0.365. The van der Waals surface area contributed by atoms with Gasteiger partial charge in [0.25, 0.3) is 5.69 Å². The lowest BCUT2D eigenvalue weighted by Gasteiger charge is -2.15. The van der Waals surface area contributed by atoms with Crippen LogP contribution in [0.15, 0.2) is 53.7 Å². The molecule has 0 spiro atoms. The monoisotopic (exact) mass is 383 g/mol. The molecule has 2 heterocycles. The van der Waals surface area contributed by atoms with Crippen molar-refractivity contribution in [2.75, 3.05) is 18.6 Å². The Hall–Kier alpha value is -3.07. The first kappa shape index (κ1) is 17.3. The van der Waals surface area contributed by atoms with E-state index in [9.17, 15) is 10.1 Å². The first-order chi connectivity index (χ1) is 13.2. The molecule has 138 valence electrons. The largest absolute Gasteiger partial charge is 0.497 e. The van der Waals surface area contributed by atoms with Gasteiger partial charge in [0.1, 0.15) is 5.75 Å². The van der Waals surface area contributed by atoms with E-state index in [2.05, 4.69) is 19.7 Å². The Morgan fingerprint density at radius 3 is 2.52 bits per heavy atom. The molecule has 0 bridgehead atoms. The summed E-state index contributed by atoms with van der Waals surface area (Å²) < 4.78 is 7.30. The molecule has 0 saturated heterocycles. The van der Waals surface area contributed by atoms with Gasteiger partial charge in [-0.25, -0.2) is 0 Å². The van der Waals surface area contributed by atoms with Crippen molar-refractivity contribution in [3.8, 4) is 5.75 Å². The molecule has 8 nitrogen and oxygen atoms in total. The lowest BCUT2D eigenvalue weighted by Crippen LogP contribution is -2.14. The van der Waals surface area contributed by atoms with Crippen LogP contribution in [0.2, 0.25) is 0 Å². The predicted octanol–water partition coefficient (Wildman–Crippen LogP) is 3.64. The highest BCUT2D eigenvalue weighted by Gasteiger charge is 2.26. The molecule has 1 aliphatic heterocycles. The summed E-state index contributed by atoms with van der Waals surface area (Å²) in [5, 5.41) is 20.2. The third-order valence-corrected chi connectivity index (χ3v) is 5.42. The van der Waals surface area contributed by atoms with Crippen molar-refractivity contribution < 1.29 is 9.66 Å². The van der Waals surface area contributed by atoms with E-state index in [1.165, 1.54) is 12.1 Å². The Morgan fingerprint density at radius 1 is 1.11 bits per heavy atom. The minimum atomic E-state index is -0.393. The van der Waals surface area contributed by atoms with Crippen molar-refractivity contribution in [1.82, 2.24) is 14.8 Å². The number of thioether (sulfide) groups is 1. The molecule has 2 aromatic carbocycles. The zero-order chi connectivity index (χ0) is 18.8. The molecule has 4 rings (SSSR count). The number of fused-ring (bicyclic) bond motifs is 1. The Kier molecular flexibility index (Phi) is 4.68. The first-order valence-corrected chi connectivity index (χ1v) is 9.35. The molecule has 0 aliphatic carbocycles. The maximum absolute atomic E-state index is 10.7. The second-order valence-electron chi connectivity index (χ2n) is 6.00. The van der Waals surface area contributed by atoms with Crippen molar-refractivity contribution in [2.24, 2.45) is 0 Å². The Labute approximate surface area is 159 Å². The van der Waals surface area contributed by atoms with Crippen molar-refractivity contribution in [3.63, 3.8) is 0 Å². The van der Waals surface area contributed by atoms with E-state index in [-0.39, 0.29) is 5.69 Å². The van der Waals surface area contributed by atoms with Crippen LogP contribution in [0.5, 0.6) is 5.75 Å². The highest BCUT2D eigenvalue weighted by molar-refractivity contribution is 7.98. The molecule has 0 saturated carbocycles. The van der Waals surface area contributed by atoms with Gasteiger partial charge >= 0.3 is 0 Å². The Balaban J connectivity index is 1.46. The average molecular weight is 383 g/mol. The number of hydrogen-bond donors (Lipinski definition) is 0. The topological polar surface area (TPSA) is 86.3 Å². The van der Waals surface area contributed by atoms with E-state index in [0.29, 0.717) is 5.75 Å². The van der Waals surface area contributed by atoms with Gasteiger partial charge in [0.15, 0.2) is 5.16 Å². The number of hydrogen-bond acceptors (Lipinski definition) is 7. The van der Waals surface area contributed by atoms with Crippen LogP contribution in [0.25, 0.3) is 0 Å². The highest BCUT2D eigenvalue weighted by Crippen LogP contribution is 2.33. The van der Waals surface area contributed by atoms with Crippen LogP contribution >= 0.6 is 11.8 Å². The lowest BCUT2D eigenvalue weighted by atomic mass is 10.2. The predicted molar refractivity (Wildman–Crippen MR) is 103 cm³/mol. The number of benzene rings is 2. The number of aromatic nitrogens is 3. The molecule has 1 aliphatic rings. The summed E-state index contributed by atoms with van der Waals surface area (Å²) in [5.74, 6) is 2.32. The number of nitrogens with zero attached hydrogens (tertiary/aromatic N) is 5. The lowest BCUT2D eigenvalue weighted by molar-refractivity contribution is -0.384. The van der Waals surface area contributed by atoms with Crippen molar-refractivity contribution in [3.05, 3.63) is 64.2 Å². The SMILES string of the molecule is COc1ccc(N2CCn3c(SCc4ccc([N+](=O)[O-])cc4)nnc32)cc1. The van der Waals surface area contributed by atoms with Crippen LogP contribution in [0, 0.1) is 10.1 Å². The van der Waals surface area contributed by atoms with Crippen LogP contribution in [0.1, 0.15) is 5.56 Å². The maximum Gasteiger partial charge on any atom is 0.269 e. The van der Waals surface area contributed by atoms with Gasteiger partial charge in [0.2, 0.25) is 5.95 Å². The summed E-state index contributed by atoms with van der Waals surface area (Å²) in [6.07, 6.45) is 0. The molecule has 3 aromatic rings. The third kappa shape index (κ3) is 3.45. The van der Waals surface area contributed by atoms with E-state index < -0.39 is 4.92 Å². The average Bonchev–Trinajstić information content (AvgIpc) is 3.29. The number of nitro benzene ring substituents is 1. The Bertz CT molecular complexity index is 956. The molecule has 0 radical (unpaired) electrons. The van der Waals surface area contributed by atoms with Gasteiger partial charge in [-0.3, -0.25) is 14.7 Å². The van der Waals surface area contributed by atoms with Gasteiger partial charge in [-0.2, -0.15) is 0 Å². The van der Waals surface area contributed by atoms with Gasteiger partial charge in [0, 0.05) is 36.7 Å². The summed E-state index contributed by atoms with van der Waals surface area (Å²) in [6, 6.07) is 14.5. The fourth-order valence-corrected chi connectivity index (χ4v) is 3.87. The molecule has 0 amide bonds. The molecule has 0 fully saturated rings. The third-order valence-electron chi connectivity index (χ3n) is 4.39. The minimum absolute atomic E-state index is 0.0993. The summed E-state index contributed by atoms with van der Waals surface area (Å²) in [7, 11) is 1.65. The molecule has 9 heteroatoms. The molecule has 0 N–H and O–H groups in total. The van der Waals surface area contributed by atoms with Crippen LogP contribution in [-0.2, 0) is 12.3 Å². The van der Waals surface area contributed by atoms with E-state index in [1.54, 1.807) is 31.0 Å². The van der Waals surface area contributed by atoms with Gasteiger partial charge < -0.3 is 9.64 Å². The molecule has 27 heavy (non-hydrogen) atoms. The molecular weight excluding hydrogens is 366 g/mol. The second kappa shape index (κ2) is 7.28. The summed E-state index contributed by atoms with van der Waals surface area (Å²) in [5.41, 5.74) is 2.16. The number of non-ortho nitro benzene ring substituents is 1. The highest BCUT2D eigenvalue weighted by atomic mass is 32.2. The fraction of sp³-hybridized carbons (Fsp3) is 0.222. The molecular formula is C18H17N5O3S. The number of nitro groups is 1. The van der Waals surface area contributed by atoms with Crippen LogP contribution in [0.3, 0.4) is 0 Å². The summed E-state index contributed by atoms with van der Waals surface area (Å²) >= 11 is 1.58. The zero-order valence-corrected chi connectivity index (χ0v) is 15.4. The number of methoxy groups -OCH3 is 1. The fourth-order valence-electron chi connectivity index (χ4n) is 2.95. The first-order valence-electron chi connectivity index (χ1n) is 8.36. The van der Waals surface area contributed by atoms with E-state index in [0.717, 1.165) is 41.2 Å². The van der Waals surface area contributed by atoms with Gasteiger partial charge in [-0.15, -0.1) is 10.2 Å². The van der Waals surface area contributed by atoms with Crippen molar-refractivity contribution >= 4 is 29.1 Å². The van der Waals surface area contributed by atoms with E-state index in [1.807, 2.05) is 24.3 Å². The van der Waals surface area contributed by atoms with Gasteiger partial charge in [0.05, 0.1) is 12.0 Å².